The summed E-state index contributed by atoms with van der Waals surface area (Å²) < 4.78 is 11.3. The minimum atomic E-state index is -0.742. The van der Waals surface area contributed by atoms with Crippen LogP contribution in [-0.2, 0) is 13.2 Å². The molecule has 2 amide bonds. The number of ether oxygens (including phenoxy) is 1. The Kier molecular flexibility index (Phi) is 7.59. The van der Waals surface area contributed by atoms with E-state index in [2.05, 4.69) is 10.6 Å². The Morgan fingerprint density at radius 2 is 1.62 bits per heavy atom. The van der Waals surface area contributed by atoms with Gasteiger partial charge in [0, 0.05) is 23.6 Å². The van der Waals surface area contributed by atoms with E-state index >= 15 is 0 Å². The third kappa shape index (κ3) is 6.02. The van der Waals surface area contributed by atoms with Crippen molar-refractivity contribution in [2.75, 3.05) is 11.1 Å². The molecule has 5 rings (SSSR count). The van der Waals surface area contributed by atoms with Crippen LogP contribution in [0.2, 0.25) is 0 Å². The van der Waals surface area contributed by atoms with Crippen LogP contribution in [0.25, 0.3) is 11.0 Å². The van der Waals surface area contributed by atoms with Crippen molar-refractivity contribution < 1.29 is 18.7 Å². The molecule has 0 bridgehead atoms. The number of benzene rings is 4. The van der Waals surface area contributed by atoms with Gasteiger partial charge < -0.3 is 25.5 Å². The number of hydrogen-bond acceptors (Lipinski definition) is 6. The lowest BCUT2D eigenvalue weighted by Gasteiger charge is -2.10. The average Bonchev–Trinajstić information content (AvgIpc) is 2.96. The molecule has 0 saturated carbocycles. The van der Waals surface area contributed by atoms with Crippen molar-refractivity contribution in [3.8, 4) is 5.75 Å². The van der Waals surface area contributed by atoms with E-state index < -0.39 is 11.5 Å². The van der Waals surface area contributed by atoms with E-state index in [-0.39, 0.29) is 18.0 Å². The van der Waals surface area contributed by atoms with Crippen LogP contribution in [0.4, 0.5) is 11.4 Å². The van der Waals surface area contributed by atoms with Gasteiger partial charge in [-0.05, 0) is 66.1 Å². The maximum Gasteiger partial charge on any atom is 0.349 e. The van der Waals surface area contributed by atoms with Crippen LogP contribution >= 0.6 is 0 Å². The fourth-order valence-corrected chi connectivity index (χ4v) is 4.13. The molecular formula is C32H27N3O5. The number of nitrogen functional groups attached to an aromatic ring is 1. The van der Waals surface area contributed by atoms with Crippen molar-refractivity contribution in [2.45, 2.75) is 20.1 Å². The van der Waals surface area contributed by atoms with Crippen molar-refractivity contribution in [3.63, 3.8) is 0 Å². The molecule has 200 valence electrons. The van der Waals surface area contributed by atoms with E-state index in [1.54, 1.807) is 66.7 Å². The number of hydrogen-bond donors (Lipinski definition) is 3. The molecule has 4 aromatic carbocycles. The highest BCUT2D eigenvalue weighted by Gasteiger charge is 2.15. The first kappa shape index (κ1) is 26.2. The normalized spacial score (nSPS) is 10.7. The summed E-state index contributed by atoms with van der Waals surface area (Å²) in [4.78, 5) is 37.9. The van der Waals surface area contributed by atoms with Gasteiger partial charge in [0.2, 0.25) is 0 Å². The highest BCUT2D eigenvalue weighted by molar-refractivity contribution is 6.05. The molecule has 40 heavy (non-hydrogen) atoms. The summed E-state index contributed by atoms with van der Waals surface area (Å²) >= 11 is 0. The summed E-state index contributed by atoms with van der Waals surface area (Å²) in [7, 11) is 0. The quantitative estimate of drug-likeness (QED) is 0.180. The van der Waals surface area contributed by atoms with Gasteiger partial charge in [-0.1, -0.05) is 48.5 Å². The van der Waals surface area contributed by atoms with Gasteiger partial charge in [-0.2, -0.15) is 0 Å². The lowest BCUT2D eigenvalue weighted by Crippen LogP contribution is -2.27. The number of rotatable bonds is 8. The van der Waals surface area contributed by atoms with Gasteiger partial charge in [-0.3, -0.25) is 9.59 Å². The van der Waals surface area contributed by atoms with Crippen LogP contribution in [0.1, 0.15) is 37.4 Å². The van der Waals surface area contributed by atoms with E-state index in [9.17, 15) is 14.4 Å². The summed E-state index contributed by atoms with van der Waals surface area (Å²) in [6.07, 6.45) is 0. The maximum atomic E-state index is 12.8. The van der Waals surface area contributed by atoms with E-state index in [0.29, 0.717) is 40.3 Å². The first-order valence-corrected chi connectivity index (χ1v) is 12.7. The van der Waals surface area contributed by atoms with Crippen LogP contribution in [0.15, 0.2) is 106 Å². The molecule has 0 unspecified atom stereocenters. The summed E-state index contributed by atoms with van der Waals surface area (Å²) in [5, 5.41) is 6.10. The van der Waals surface area contributed by atoms with Crippen molar-refractivity contribution in [2.24, 2.45) is 0 Å². The third-order valence-corrected chi connectivity index (χ3v) is 6.49. The number of aryl methyl sites for hydroxylation is 1. The third-order valence-electron chi connectivity index (χ3n) is 6.49. The molecule has 0 aliphatic heterocycles. The summed E-state index contributed by atoms with van der Waals surface area (Å²) in [6.45, 7) is 2.56. The Morgan fingerprint density at radius 3 is 2.40 bits per heavy atom. The summed E-state index contributed by atoms with van der Waals surface area (Å²) in [5.41, 5.74) is 9.75. The predicted molar refractivity (Wildman–Crippen MR) is 154 cm³/mol. The van der Waals surface area contributed by atoms with Gasteiger partial charge in [-0.15, -0.1) is 0 Å². The monoisotopic (exact) mass is 533 g/mol. The maximum absolute atomic E-state index is 12.8. The number of carbonyl (C=O) groups excluding carboxylic acids is 2. The molecule has 0 atom stereocenters. The molecule has 5 aromatic rings. The molecule has 4 N–H and O–H groups in total. The fourth-order valence-electron chi connectivity index (χ4n) is 4.13. The molecule has 0 fully saturated rings. The van der Waals surface area contributed by atoms with Gasteiger partial charge in [0.1, 0.15) is 23.5 Å². The molecule has 0 spiro atoms. The van der Waals surface area contributed by atoms with Gasteiger partial charge >= 0.3 is 5.63 Å². The molecule has 1 aromatic heterocycles. The van der Waals surface area contributed by atoms with E-state index in [4.69, 9.17) is 14.9 Å². The highest BCUT2D eigenvalue weighted by Crippen LogP contribution is 2.22. The Bertz CT molecular complexity index is 1760. The van der Waals surface area contributed by atoms with Crippen molar-refractivity contribution >= 4 is 34.2 Å². The lowest BCUT2D eigenvalue weighted by atomic mass is 10.1. The minimum Gasteiger partial charge on any atom is -0.489 e. The van der Waals surface area contributed by atoms with Gasteiger partial charge in [-0.25, -0.2) is 4.79 Å². The van der Waals surface area contributed by atoms with Gasteiger partial charge in [0.15, 0.2) is 0 Å². The highest BCUT2D eigenvalue weighted by atomic mass is 16.5. The largest absolute Gasteiger partial charge is 0.489 e. The SMILES string of the molecule is Cc1ccccc1COc1ccc2cc(C(=O)NCc3ccc(C(=O)Nc4ccccc4N)cc3)c(=O)oc2c1. The standard InChI is InChI=1S/C32H27N3O5/c1-20-6-2-3-7-24(20)19-39-25-15-14-23-16-26(32(38)40-29(23)17-25)31(37)34-18-21-10-12-22(13-11-21)30(36)35-28-9-5-4-8-27(28)33/h2-17H,18-19,33H2,1H3,(H,34,37)(H,35,36). The van der Waals surface area contributed by atoms with Crippen molar-refractivity contribution in [1.82, 2.24) is 5.32 Å². The number of carbonyl (C=O) groups is 2. The number of nitrogens with two attached hydrogens (primary N) is 1. The Hall–Kier alpha value is -5.37. The smallest absolute Gasteiger partial charge is 0.349 e. The zero-order valence-corrected chi connectivity index (χ0v) is 21.8. The average molecular weight is 534 g/mol. The number of anilines is 2. The molecule has 0 aliphatic rings. The number of amides is 2. The Morgan fingerprint density at radius 1 is 0.875 bits per heavy atom. The first-order chi connectivity index (χ1) is 19.4. The zero-order valence-electron chi connectivity index (χ0n) is 21.8. The molecular weight excluding hydrogens is 506 g/mol. The number of nitrogens with one attached hydrogen (secondary N) is 2. The van der Waals surface area contributed by atoms with Crippen LogP contribution in [0, 0.1) is 6.92 Å². The topological polar surface area (TPSA) is 124 Å². The minimum absolute atomic E-state index is 0.0995. The number of fused-ring (bicyclic) bond motifs is 1. The summed E-state index contributed by atoms with van der Waals surface area (Å²) in [6, 6.07) is 28.4. The fraction of sp³-hybridized carbons (Fsp3) is 0.0938. The molecule has 0 radical (unpaired) electrons. The molecule has 1 heterocycles. The molecule has 0 aliphatic carbocycles. The molecule has 8 heteroatoms. The van der Waals surface area contributed by atoms with Crippen molar-refractivity contribution in [1.29, 1.82) is 0 Å². The van der Waals surface area contributed by atoms with E-state index in [1.807, 2.05) is 31.2 Å². The second-order valence-electron chi connectivity index (χ2n) is 9.28. The second kappa shape index (κ2) is 11.6. The van der Waals surface area contributed by atoms with Crippen molar-refractivity contribution in [3.05, 3.63) is 135 Å². The lowest BCUT2D eigenvalue weighted by molar-refractivity contribution is 0.0946. The van der Waals surface area contributed by atoms with Crippen LogP contribution < -0.4 is 26.7 Å². The van der Waals surface area contributed by atoms with Crippen LogP contribution in [0.3, 0.4) is 0 Å². The Balaban J connectivity index is 1.21. The first-order valence-electron chi connectivity index (χ1n) is 12.7. The Labute approximate surface area is 230 Å². The van der Waals surface area contributed by atoms with Gasteiger partial charge in [0.05, 0.1) is 11.4 Å². The zero-order chi connectivity index (χ0) is 28.1. The molecule has 8 nitrogen and oxygen atoms in total. The molecule has 0 saturated heterocycles. The van der Waals surface area contributed by atoms with E-state index in [1.165, 1.54) is 6.07 Å². The van der Waals surface area contributed by atoms with Crippen LogP contribution in [0.5, 0.6) is 5.75 Å². The number of para-hydroxylation sites is 2. The van der Waals surface area contributed by atoms with Gasteiger partial charge in [0.25, 0.3) is 11.8 Å². The van der Waals surface area contributed by atoms with E-state index in [0.717, 1.165) is 16.7 Å². The summed E-state index contributed by atoms with van der Waals surface area (Å²) in [5.74, 6) is -0.302. The second-order valence-corrected chi connectivity index (χ2v) is 9.28. The van der Waals surface area contributed by atoms with Crippen LogP contribution in [-0.4, -0.2) is 11.8 Å². The predicted octanol–water partition coefficient (Wildman–Crippen LogP) is 5.44.